The number of ether oxygens (including phenoxy) is 1. The zero-order valence-corrected chi connectivity index (χ0v) is 32.6. The van der Waals surface area contributed by atoms with Crippen LogP contribution in [-0.4, -0.2) is 129 Å². The molecule has 2 aliphatic heterocycles. The van der Waals surface area contributed by atoms with E-state index in [1.165, 1.54) is 11.6 Å². The Hall–Kier alpha value is -4.62. The van der Waals surface area contributed by atoms with Crippen molar-refractivity contribution in [3.8, 4) is 11.1 Å². The van der Waals surface area contributed by atoms with Gasteiger partial charge in [-0.25, -0.2) is 9.18 Å². The van der Waals surface area contributed by atoms with Crippen LogP contribution < -0.4 is 15.7 Å². The summed E-state index contributed by atoms with van der Waals surface area (Å²) in [6, 6.07) is 21.7. The molecule has 1 atom stereocenters. The second kappa shape index (κ2) is 21.9. The predicted octanol–water partition coefficient (Wildman–Crippen LogP) is 4.45. The third-order valence-electron chi connectivity index (χ3n) is 9.61. The molecule has 58 heavy (non-hydrogen) atoms. The summed E-state index contributed by atoms with van der Waals surface area (Å²) < 4.78 is 84.6. The molecule has 0 saturated carbocycles. The summed E-state index contributed by atoms with van der Waals surface area (Å²) in [4.78, 5) is 35.7. The molecule has 0 unspecified atom stereocenters. The van der Waals surface area contributed by atoms with Crippen molar-refractivity contribution in [2.24, 2.45) is 0 Å². The minimum absolute atomic E-state index is 0.119. The number of quaternary nitrogens is 1. The maximum Gasteiger partial charge on any atom is 0.490 e. The van der Waals surface area contributed by atoms with Crippen LogP contribution in [0.4, 0.5) is 30.7 Å². The van der Waals surface area contributed by atoms with Gasteiger partial charge in [0, 0.05) is 83.1 Å². The average molecular weight is 830 g/mol. The summed E-state index contributed by atoms with van der Waals surface area (Å²) >= 11 is 0. The predicted molar refractivity (Wildman–Crippen MR) is 199 cm³/mol. The van der Waals surface area contributed by atoms with Crippen LogP contribution in [-0.2, 0) is 34.0 Å². The van der Waals surface area contributed by atoms with Crippen LogP contribution in [0.2, 0.25) is 0 Å². The Kier molecular flexibility index (Phi) is 18.1. The SMILES string of the molecule is COCCC[N+]1(C)CCN(Cc2cccc(C(=O)NCc3ccc(F)c(-c4cccc(CN5CCN[C@@H](C)C5)c4)c3)c2)CC1.O=C(O)C(F)(F)F.O=C([O-])C(F)(F)F. The molecule has 3 N–H and O–H groups in total. The van der Waals surface area contributed by atoms with Gasteiger partial charge >= 0.3 is 18.3 Å². The number of nitrogens with one attached hydrogen (secondary N) is 2. The Labute approximate surface area is 333 Å². The number of aliphatic carboxylic acids is 2. The van der Waals surface area contributed by atoms with E-state index in [2.05, 4.69) is 52.6 Å². The minimum atomic E-state index is -5.19. The monoisotopic (exact) mass is 829 g/mol. The lowest BCUT2D eigenvalue weighted by atomic mass is 10.00. The first-order valence-electron chi connectivity index (χ1n) is 18.5. The lowest BCUT2D eigenvalue weighted by molar-refractivity contribution is -0.914. The zero-order chi connectivity index (χ0) is 43.1. The number of benzene rings is 3. The molecule has 2 aliphatic rings. The maximum absolute atomic E-state index is 15.0. The van der Waals surface area contributed by atoms with E-state index in [9.17, 15) is 35.5 Å². The van der Waals surface area contributed by atoms with Gasteiger partial charge in [-0.1, -0.05) is 36.4 Å². The first kappa shape index (κ1) is 47.8. The lowest BCUT2D eigenvalue weighted by Gasteiger charge is -2.42. The molecular weight excluding hydrogens is 779 g/mol. The molecule has 3 aromatic carbocycles. The Bertz CT molecular complexity index is 1780. The molecular formula is C40H50F7N5O6. The van der Waals surface area contributed by atoms with Crippen LogP contribution in [0.5, 0.6) is 0 Å². The van der Waals surface area contributed by atoms with Crippen molar-refractivity contribution in [3.63, 3.8) is 0 Å². The van der Waals surface area contributed by atoms with Crippen LogP contribution in [0, 0.1) is 5.82 Å². The second-order valence-electron chi connectivity index (χ2n) is 14.5. The van der Waals surface area contributed by atoms with Crippen molar-refractivity contribution < 1.29 is 64.5 Å². The maximum atomic E-state index is 15.0. The number of hydrogen-bond acceptors (Lipinski definition) is 8. The van der Waals surface area contributed by atoms with Crippen LogP contribution in [0.25, 0.3) is 11.1 Å². The molecule has 5 rings (SSSR count). The van der Waals surface area contributed by atoms with Gasteiger partial charge in [-0.05, 0) is 59.5 Å². The number of amides is 1. The van der Waals surface area contributed by atoms with E-state index in [0.29, 0.717) is 23.7 Å². The average Bonchev–Trinajstić information content (AvgIpc) is 3.15. The third kappa shape index (κ3) is 16.3. The molecule has 11 nitrogen and oxygen atoms in total. The van der Waals surface area contributed by atoms with Gasteiger partial charge in [-0.2, -0.15) is 26.3 Å². The lowest BCUT2D eigenvalue weighted by Crippen LogP contribution is -2.57. The summed E-state index contributed by atoms with van der Waals surface area (Å²) in [5.41, 5.74) is 5.26. The minimum Gasteiger partial charge on any atom is -0.542 e. The number of hydrogen-bond donors (Lipinski definition) is 3. The first-order valence-corrected chi connectivity index (χ1v) is 18.5. The van der Waals surface area contributed by atoms with Gasteiger partial charge in [0.15, 0.2) is 0 Å². The standard InChI is InChI=1S/C36H48FN5O2.2C2HF3O2/c1-28-25-41(14-13-38-28)27-30-7-4-9-32(21-30)34-23-29(11-12-35(34)37)24-39-36(43)33-10-5-8-31(22-33)26-40-15-18-42(2,19-16-40)17-6-20-44-3;2*3-2(4,5)1(6)7/h4-5,7-12,21-23,28,38H,6,13-20,24-27H2,1-3H3;2*(H,6,7)/t28-;;/m0../s1. The molecule has 0 spiro atoms. The number of carboxylic acids is 2. The van der Waals surface area contributed by atoms with Crippen molar-refractivity contribution in [2.75, 3.05) is 73.1 Å². The summed E-state index contributed by atoms with van der Waals surface area (Å²) in [6.45, 7) is 13.5. The molecule has 0 aliphatic carbocycles. The van der Waals surface area contributed by atoms with Crippen LogP contribution in [0.1, 0.15) is 40.4 Å². The Morgan fingerprint density at radius 2 is 1.50 bits per heavy atom. The summed E-state index contributed by atoms with van der Waals surface area (Å²) in [5.74, 6) is -6.14. The number of carbonyl (C=O) groups is 3. The van der Waals surface area contributed by atoms with Gasteiger partial charge in [-0.3, -0.25) is 14.6 Å². The normalized spacial score (nSPS) is 17.2. The molecule has 2 heterocycles. The molecule has 320 valence electrons. The topological polar surface area (TPSA) is 134 Å². The number of rotatable bonds is 12. The van der Waals surface area contributed by atoms with Gasteiger partial charge < -0.3 is 34.9 Å². The van der Waals surface area contributed by atoms with Crippen LogP contribution in [0.15, 0.2) is 66.7 Å². The fraction of sp³-hybridized carbons (Fsp3) is 0.475. The number of likely N-dealkylation sites (N-methyl/N-ethyl adjacent to an activating group) is 1. The fourth-order valence-electron chi connectivity index (χ4n) is 6.47. The van der Waals surface area contributed by atoms with Crippen molar-refractivity contribution in [1.82, 2.24) is 20.4 Å². The molecule has 1 amide bonds. The van der Waals surface area contributed by atoms with Gasteiger partial charge in [-0.15, -0.1) is 0 Å². The van der Waals surface area contributed by atoms with Crippen molar-refractivity contribution in [1.29, 1.82) is 0 Å². The highest BCUT2D eigenvalue weighted by Crippen LogP contribution is 2.26. The van der Waals surface area contributed by atoms with Crippen LogP contribution >= 0.6 is 0 Å². The molecule has 3 aromatic rings. The van der Waals surface area contributed by atoms with E-state index in [4.69, 9.17) is 24.5 Å². The summed E-state index contributed by atoms with van der Waals surface area (Å²) in [7, 11) is 4.11. The van der Waals surface area contributed by atoms with E-state index in [1.54, 1.807) is 13.2 Å². The number of methoxy groups -OCH3 is 1. The van der Waals surface area contributed by atoms with E-state index in [1.807, 2.05) is 36.4 Å². The van der Waals surface area contributed by atoms with E-state index < -0.39 is 24.3 Å². The number of halogens is 7. The van der Waals surface area contributed by atoms with E-state index in [-0.39, 0.29) is 11.7 Å². The third-order valence-corrected chi connectivity index (χ3v) is 9.61. The van der Waals surface area contributed by atoms with Crippen molar-refractivity contribution in [3.05, 3.63) is 94.8 Å². The molecule has 0 bridgehead atoms. The number of carboxylic acid groups (broad SMARTS) is 2. The largest absolute Gasteiger partial charge is 0.542 e. The fourth-order valence-corrected chi connectivity index (χ4v) is 6.47. The molecule has 0 aromatic heterocycles. The van der Waals surface area contributed by atoms with Gasteiger partial charge in [0.05, 0.1) is 33.3 Å². The number of nitrogens with zero attached hydrogens (tertiary/aromatic N) is 3. The number of piperazine rings is 2. The zero-order valence-electron chi connectivity index (χ0n) is 32.6. The van der Waals surface area contributed by atoms with E-state index in [0.717, 1.165) is 99.6 Å². The Morgan fingerprint density at radius 1 is 0.897 bits per heavy atom. The molecule has 0 radical (unpaired) electrons. The van der Waals surface area contributed by atoms with Gasteiger partial charge in [0.1, 0.15) is 11.8 Å². The Balaban J connectivity index is 0.000000550. The summed E-state index contributed by atoms with van der Waals surface area (Å²) in [5, 5.41) is 22.4. The van der Waals surface area contributed by atoms with Crippen LogP contribution in [0.3, 0.4) is 0 Å². The van der Waals surface area contributed by atoms with E-state index >= 15 is 0 Å². The highest BCUT2D eigenvalue weighted by Gasteiger charge is 2.38. The highest BCUT2D eigenvalue weighted by atomic mass is 19.4. The van der Waals surface area contributed by atoms with Crippen molar-refractivity contribution >= 4 is 17.8 Å². The second-order valence-corrected chi connectivity index (χ2v) is 14.5. The van der Waals surface area contributed by atoms with Gasteiger partial charge in [0.2, 0.25) is 0 Å². The van der Waals surface area contributed by atoms with Crippen molar-refractivity contribution in [2.45, 2.75) is 51.4 Å². The number of carbonyl (C=O) groups excluding carboxylic acids is 2. The quantitative estimate of drug-likeness (QED) is 0.138. The van der Waals surface area contributed by atoms with Gasteiger partial charge in [0.25, 0.3) is 5.91 Å². The molecule has 2 fully saturated rings. The molecule has 18 heteroatoms. The molecule has 2 saturated heterocycles. The Morgan fingerprint density at radius 3 is 2.09 bits per heavy atom. The number of alkyl halides is 6. The highest BCUT2D eigenvalue weighted by molar-refractivity contribution is 5.94. The summed E-state index contributed by atoms with van der Waals surface area (Å²) in [6.07, 6.45) is -9.19. The first-order chi connectivity index (χ1) is 27.2. The smallest absolute Gasteiger partial charge is 0.490 e.